The Bertz CT molecular complexity index is 326. The van der Waals surface area contributed by atoms with Crippen LogP contribution in [0, 0.1) is 13.8 Å². The summed E-state index contributed by atoms with van der Waals surface area (Å²) in [6.07, 6.45) is 0. The second kappa shape index (κ2) is 23.4. The minimum atomic E-state index is 1.00. The summed E-state index contributed by atoms with van der Waals surface area (Å²) in [4.78, 5) is 0. The van der Waals surface area contributed by atoms with Crippen LogP contribution in [0.5, 0.6) is 0 Å². The maximum atomic E-state index is 7.00. The lowest BCUT2D eigenvalue weighted by Crippen LogP contribution is -1.89. The second-order valence-electron chi connectivity index (χ2n) is 3.81. The first kappa shape index (κ1) is 24.3. The van der Waals surface area contributed by atoms with Crippen LogP contribution in [0.25, 0.3) is 0 Å². The van der Waals surface area contributed by atoms with E-state index in [1.165, 1.54) is 18.2 Å². The molecule has 0 bridgehead atoms. The average molecular weight is 292 g/mol. The summed E-state index contributed by atoms with van der Waals surface area (Å²) in [5, 5.41) is 9.75. The Kier molecular flexibility index (Phi) is 27.1. The van der Waals surface area contributed by atoms with Crippen LogP contribution >= 0.6 is 0 Å². The van der Waals surface area contributed by atoms with E-state index in [0.29, 0.717) is 0 Å². The van der Waals surface area contributed by atoms with Gasteiger partial charge in [-0.3, -0.25) is 0 Å². The second-order valence-corrected chi connectivity index (χ2v) is 3.81. The molecule has 0 saturated carbocycles. The molecule has 0 aliphatic carbocycles. The third kappa shape index (κ3) is 23.8. The van der Waals surface area contributed by atoms with Crippen LogP contribution in [0.15, 0.2) is 60.7 Å². The minimum Gasteiger partial charge on any atom is -0.400 e. The Hall–Kier alpha value is -1.68. The quantitative estimate of drug-likeness (QED) is 0.699. The molecule has 0 aliphatic rings. The van der Waals surface area contributed by atoms with E-state index in [2.05, 4.69) is 49.2 Å². The fourth-order valence-electron chi connectivity index (χ4n) is 1.07. The first-order chi connectivity index (χ1) is 10.2. The average Bonchev–Trinajstić information content (AvgIpc) is 2.54. The molecule has 0 atom stereocenters. The van der Waals surface area contributed by atoms with E-state index in [9.17, 15) is 0 Å². The van der Waals surface area contributed by atoms with E-state index in [1.807, 2.05) is 50.5 Å². The van der Waals surface area contributed by atoms with Crippen molar-refractivity contribution < 1.29 is 5.11 Å². The lowest BCUT2D eigenvalue weighted by molar-refractivity contribution is 0.399. The smallest absolute Gasteiger partial charge is 0.0319 e. The molecule has 21 heavy (non-hydrogen) atoms. The normalized spacial score (nSPS) is 7.24. The molecular formula is C18H32N2O. The summed E-state index contributed by atoms with van der Waals surface area (Å²) in [5.41, 5.74) is 7.14. The fourth-order valence-corrected chi connectivity index (χ4v) is 1.07. The molecule has 0 aliphatic heterocycles. The number of nitrogens with two attached hydrogens (primary N) is 1. The summed E-state index contributed by atoms with van der Waals surface area (Å²) in [7, 11) is 6.25. The molecule has 2 aromatic carbocycles. The fraction of sp³-hybridized carbons (Fsp3) is 0.333. The number of aliphatic hydroxyl groups is 1. The van der Waals surface area contributed by atoms with Crippen molar-refractivity contribution in [2.75, 3.05) is 28.3 Å². The van der Waals surface area contributed by atoms with Gasteiger partial charge in [-0.25, -0.2) is 0 Å². The third-order valence-electron chi connectivity index (χ3n) is 1.88. The van der Waals surface area contributed by atoms with Gasteiger partial charge in [0.25, 0.3) is 0 Å². The van der Waals surface area contributed by atoms with Crippen LogP contribution in [-0.4, -0.2) is 33.4 Å². The van der Waals surface area contributed by atoms with Gasteiger partial charge in [0.05, 0.1) is 0 Å². The van der Waals surface area contributed by atoms with E-state index in [1.54, 1.807) is 0 Å². The van der Waals surface area contributed by atoms with E-state index >= 15 is 0 Å². The van der Waals surface area contributed by atoms with Crippen LogP contribution in [0.3, 0.4) is 0 Å². The Balaban J connectivity index is -0.000000219. The van der Waals surface area contributed by atoms with Crippen LogP contribution in [0.1, 0.15) is 11.1 Å². The summed E-state index contributed by atoms with van der Waals surface area (Å²) < 4.78 is 0. The van der Waals surface area contributed by atoms with E-state index in [-0.39, 0.29) is 0 Å². The Morgan fingerprint density at radius 3 is 0.952 bits per heavy atom. The highest BCUT2D eigenvalue weighted by Gasteiger charge is 1.72. The molecule has 0 radical (unpaired) electrons. The highest BCUT2D eigenvalue weighted by atomic mass is 16.2. The Morgan fingerprint density at radius 2 is 0.857 bits per heavy atom. The highest BCUT2D eigenvalue weighted by Crippen LogP contribution is 1.92. The molecule has 0 spiro atoms. The molecule has 0 saturated heterocycles. The zero-order chi connectivity index (χ0) is 16.9. The minimum absolute atomic E-state index is 1.00. The number of aliphatic hydroxyl groups excluding tert-OH is 1. The van der Waals surface area contributed by atoms with Crippen molar-refractivity contribution in [2.45, 2.75) is 13.8 Å². The number of hydrogen-bond donors (Lipinski definition) is 3. The van der Waals surface area contributed by atoms with Gasteiger partial charge in [0, 0.05) is 7.11 Å². The van der Waals surface area contributed by atoms with Gasteiger partial charge in [-0.05, 0) is 35.0 Å². The molecule has 0 aromatic heterocycles. The standard InChI is InChI=1S/2C7H8.C2H7N.CH5N.CH4O/c2*1-7-5-3-2-4-6-7;1-3-2;2*1-2/h2*2-6H,1H3;3H,1-2H3;2H2,1H3;2H,1H3. The van der Waals surface area contributed by atoms with Crippen LogP contribution < -0.4 is 11.1 Å². The molecule has 0 fully saturated rings. The molecule has 3 heteroatoms. The van der Waals surface area contributed by atoms with Gasteiger partial charge in [0.2, 0.25) is 0 Å². The molecule has 2 rings (SSSR count). The number of hydrogen-bond acceptors (Lipinski definition) is 3. The van der Waals surface area contributed by atoms with Crippen molar-refractivity contribution >= 4 is 0 Å². The van der Waals surface area contributed by atoms with E-state index in [4.69, 9.17) is 5.11 Å². The van der Waals surface area contributed by atoms with Crippen molar-refractivity contribution in [3.63, 3.8) is 0 Å². The van der Waals surface area contributed by atoms with Gasteiger partial charge in [-0.2, -0.15) is 0 Å². The van der Waals surface area contributed by atoms with Gasteiger partial charge in [-0.15, -0.1) is 0 Å². The predicted molar refractivity (Wildman–Crippen MR) is 95.6 cm³/mol. The zero-order valence-electron chi connectivity index (χ0n) is 14.3. The summed E-state index contributed by atoms with van der Waals surface area (Å²) >= 11 is 0. The lowest BCUT2D eigenvalue weighted by Gasteiger charge is -1.82. The lowest BCUT2D eigenvalue weighted by atomic mass is 10.2. The third-order valence-corrected chi connectivity index (χ3v) is 1.88. The Morgan fingerprint density at radius 1 is 0.667 bits per heavy atom. The van der Waals surface area contributed by atoms with Gasteiger partial charge >= 0.3 is 0 Å². The number of nitrogens with one attached hydrogen (secondary N) is 1. The predicted octanol–water partition coefficient (Wildman–Crippen LogP) is 3.01. The topological polar surface area (TPSA) is 58.3 Å². The van der Waals surface area contributed by atoms with Gasteiger partial charge < -0.3 is 16.2 Å². The molecule has 120 valence electrons. The molecule has 0 unspecified atom stereocenters. The molecule has 3 nitrogen and oxygen atoms in total. The maximum Gasteiger partial charge on any atom is 0.0319 e. The van der Waals surface area contributed by atoms with Crippen LogP contribution in [0.4, 0.5) is 0 Å². The molecule has 4 N–H and O–H groups in total. The van der Waals surface area contributed by atoms with Gasteiger partial charge in [-0.1, -0.05) is 71.8 Å². The number of benzene rings is 2. The van der Waals surface area contributed by atoms with Gasteiger partial charge in [0.1, 0.15) is 0 Å². The van der Waals surface area contributed by atoms with Crippen molar-refractivity contribution in [2.24, 2.45) is 5.73 Å². The maximum absolute atomic E-state index is 7.00. The van der Waals surface area contributed by atoms with Crippen molar-refractivity contribution in [3.8, 4) is 0 Å². The SMILES string of the molecule is CN.CNC.CO.Cc1ccccc1.Cc1ccccc1. The number of rotatable bonds is 0. The van der Waals surface area contributed by atoms with Crippen molar-refractivity contribution in [3.05, 3.63) is 71.8 Å². The number of aryl methyl sites for hydroxylation is 2. The molecule has 0 amide bonds. The summed E-state index contributed by atoms with van der Waals surface area (Å²) in [6, 6.07) is 20.5. The molecule has 0 heterocycles. The van der Waals surface area contributed by atoms with E-state index in [0.717, 1.165) is 7.11 Å². The first-order valence-corrected chi connectivity index (χ1v) is 6.85. The Labute approximate surface area is 130 Å². The monoisotopic (exact) mass is 292 g/mol. The highest BCUT2D eigenvalue weighted by molar-refractivity contribution is 5.12. The molecule has 2 aromatic rings. The van der Waals surface area contributed by atoms with Gasteiger partial charge in [0.15, 0.2) is 0 Å². The van der Waals surface area contributed by atoms with Crippen molar-refractivity contribution in [1.82, 2.24) is 5.32 Å². The van der Waals surface area contributed by atoms with Crippen LogP contribution in [-0.2, 0) is 0 Å². The van der Waals surface area contributed by atoms with Crippen molar-refractivity contribution in [1.29, 1.82) is 0 Å². The summed E-state index contributed by atoms with van der Waals surface area (Å²) in [5.74, 6) is 0. The summed E-state index contributed by atoms with van der Waals surface area (Å²) in [6.45, 7) is 4.17. The van der Waals surface area contributed by atoms with E-state index < -0.39 is 0 Å². The first-order valence-electron chi connectivity index (χ1n) is 6.85. The zero-order valence-corrected chi connectivity index (χ0v) is 14.3. The largest absolute Gasteiger partial charge is 0.400 e. The van der Waals surface area contributed by atoms with Crippen LogP contribution in [0.2, 0.25) is 0 Å². The molecular weight excluding hydrogens is 260 g/mol.